The molecule has 124 valence electrons. The van der Waals surface area contributed by atoms with Gasteiger partial charge in [0.15, 0.2) is 0 Å². The predicted molar refractivity (Wildman–Crippen MR) is 92.7 cm³/mol. The van der Waals surface area contributed by atoms with Gasteiger partial charge in [-0.15, -0.1) is 0 Å². The molecule has 1 fully saturated rings. The van der Waals surface area contributed by atoms with Crippen molar-refractivity contribution in [1.29, 1.82) is 0 Å². The summed E-state index contributed by atoms with van der Waals surface area (Å²) in [6.45, 7) is 8.81. The summed E-state index contributed by atoms with van der Waals surface area (Å²) >= 11 is 0. The van der Waals surface area contributed by atoms with Crippen molar-refractivity contribution in [3.05, 3.63) is 54.5 Å². The number of carbonyl (C=O) groups excluding carboxylic acids is 1. The van der Waals surface area contributed by atoms with E-state index in [1.807, 2.05) is 31.2 Å². The van der Waals surface area contributed by atoms with Crippen LogP contribution in [0.5, 0.6) is 5.88 Å². The van der Waals surface area contributed by atoms with Crippen molar-refractivity contribution in [2.24, 2.45) is 0 Å². The Labute approximate surface area is 141 Å². The number of nitrogens with one attached hydrogen (secondary N) is 1. The van der Waals surface area contributed by atoms with E-state index < -0.39 is 0 Å². The van der Waals surface area contributed by atoms with Crippen LogP contribution in [-0.4, -0.2) is 35.1 Å². The molecule has 0 aliphatic carbocycles. The van der Waals surface area contributed by atoms with Gasteiger partial charge in [-0.1, -0.05) is 18.7 Å². The van der Waals surface area contributed by atoms with Crippen LogP contribution in [0.25, 0.3) is 5.70 Å². The molecule has 0 saturated carbocycles. The summed E-state index contributed by atoms with van der Waals surface area (Å²) in [5, 5.41) is 2.70. The molecule has 1 amide bonds. The Hall–Kier alpha value is -2.89. The standard InChI is InChI=1S/C18H20N4O2/c1-12(20-14(3)23)15-4-6-16(7-5-15)22-10-17(11-22)24-18-8-9-19-13(2)21-18/h4-9,17H,1,10-11H2,2-3H3,(H,20,23). The lowest BCUT2D eigenvalue weighted by molar-refractivity contribution is -0.117. The lowest BCUT2D eigenvalue weighted by Gasteiger charge is -2.40. The molecule has 1 N–H and O–H groups in total. The van der Waals surface area contributed by atoms with Gasteiger partial charge in [0.05, 0.1) is 13.1 Å². The normalized spacial score (nSPS) is 14.0. The summed E-state index contributed by atoms with van der Waals surface area (Å²) in [7, 11) is 0. The summed E-state index contributed by atoms with van der Waals surface area (Å²) in [4.78, 5) is 21.6. The summed E-state index contributed by atoms with van der Waals surface area (Å²) < 4.78 is 5.83. The fourth-order valence-corrected chi connectivity index (χ4v) is 2.55. The van der Waals surface area contributed by atoms with E-state index in [1.54, 1.807) is 12.3 Å². The van der Waals surface area contributed by atoms with E-state index in [9.17, 15) is 4.79 Å². The number of hydrogen-bond acceptors (Lipinski definition) is 5. The average molecular weight is 324 g/mol. The molecule has 24 heavy (non-hydrogen) atoms. The Morgan fingerprint density at radius 3 is 2.62 bits per heavy atom. The zero-order valence-corrected chi connectivity index (χ0v) is 13.8. The van der Waals surface area contributed by atoms with Crippen LogP contribution in [0.3, 0.4) is 0 Å². The first-order valence-electron chi connectivity index (χ1n) is 7.79. The maximum atomic E-state index is 11.1. The molecule has 1 aromatic carbocycles. The second-order valence-electron chi connectivity index (χ2n) is 5.79. The van der Waals surface area contributed by atoms with Crippen LogP contribution >= 0.6 is 0 Å². The Kier molecular flexibility index (Phi) is 4.46. The first-order chi connectivity index (χ1) is 11.5. The molecule has 6 heteroatoms. The predicted octanol–water partition coefficient (Wildman–Crippen LogP) is 2.16. The van der Waals surface area contributed by atoms with Crippen LogP contribution < -0.4 is 15.0 Å². The largest absolute Gasteiger partial charge is 0.470 e. The van der Waals surface area contributed by atoms with Crippen molar-refractivity contribution in [2.75, 3.05) is 18.0 Å². The maximum absolute atomic E-state index is 11.1. The van der Waals surface area contributed by atoms with Crippen molar-refractivity contribution < 1.29 is 9.53 Å². The molecular weight excluding hydrogens is 304 g/mol. The molecule has 6 nitrogen and oxygen atoms in total. The van der Waals surface area contributed by atoms with Gasteiger partial charge in [0.2, 0.25) is 11.8 Å². The third kappa shape index (κ3) is 3.71. The molecule has 0 unspecified atom stereocenters. The van der Waals surface area contributed by atoms with Crippen LogP contribution in [0.15, 0.2) is 43.1 Å². The van der Waals surface area contributed by atoms with Gasteiger partial charge < -0.3 is 15.0 Å². The van der Waals surface area contributed by atoms with E-state index in [0.29, 0.717) is 17.4 Å². The SMILES string of the molecule is C=C(NC(C)=O)c1ccc(N2CC(Oc3ccnc(C)n3)C2)cc1. The van der Waals surface area contributed by atoms with Gasteiger partial charge in [-0.25, -0.2) is 4.98 Å². The topological polar surface area (TPSA) is 67.4 Å². The smallest absolute Gasteiger partial charge is 0.221 e. The molecule has 2 aromatic rings. The molecule has 1 aliphatic heterocycles. The van der Waals surface area contributed by atoms with E-state index in [1.165, 1.54) is 6.92 Å². The second-order valence-corrected chi connectivity index (χ2v) is 5.79. The van der Waals surface area contributed by atoms with Gasteiger partial charge in [0, 0.05) is 30.6 Å². The highest BCUT2D eigenvalue weighted by Crippen LogP contribution is 2.24. The van der Waals surface area contributed by atoms with Gasteiger partial charge in [-0.3, -0.25) is 4.79 Å². The van der Waals surface area contributed by atoms with Crippen LogP contribution in [0.1, 0.15) is 18.3 Å². The monoisotopic (exact) mass is 324 g/mol. The minimum absolute atomic E-state index is 0.119. The fourth-order valence-electron chi connectivity index (χ4n) is 2.55. The van der Waals surface area contributed by atoms with Gasteiger partial charge in [0.25, 0.3) is 0 Å². The number of anilines is 1. The number of aromatic nitrogens is 2. The minimum Gasteiger partial charge on any atom is -0.470 e. The lowest BCUT2D eigenvalue weighted by Crippen LogP contribution is -2.54. The van der Waals surface area contributed by atoms with E-state index in [0.717, 1.165) is 24.3 Å². The van der Waals surface area contributed by atoms with Crippen molar-refractivity contribution >= 4 is 17.3 Å². The number of rotatable bonds is 5. The number of amides is 1. The summed E-state index contributed by atoms with van der Waals surface area (Å²) in [5.74, 6) is 1.21. The Morgan fingerprint density at radius 1 is 1.29 bits per heavy atom. The van der Waals surface area contributed by atoms with Crippen LogP contribution in [0.2, 0.25) is 0 Å². The van der Waals surface area contributed by atoms with Crippen molar-refractivity contribution in [3.63, 3.8) is 0 Å². The number of ether oxygens (including phenoxy) is 1. The number of aryl methyl sites for hydroxylation is 1. The fraction of sp³-hybridized carbons (Fsp3) is 0.278. The van der Waals surface area contributed by atoms with E-state index >= 15 is 0 Å². The van der Waals surface area contributed by atoms with E-state index in [2.05, 4.69) is 26.8 Å². The number of benzene rings is 1. The molecular formula is C18H20N4O2. The average Bonchev–Trinajstić information content (AvgIpc) is 2.50. The molecule has 0 spiro atoms. The molecule has 2 heterocycles. The highest BCUT2D eigenvalue weighted by Gasteiger charge is 2.29. The lowest BCUT2D eigenvalue weighted by atomic mass is 10.1. The highest BCUT2D eigenvalue weighted by atomic mass is 16.5. The summed E-state index contributed by atoms with van der Waals surface area (Å²) in [6, 6.07) is 9.73. The quantitative estimate of drug-likeness (QED) is 0.913. The third-order valence-electron chi connectivity index (χ3n) is 3.79. The van der Waals surface area contributed by atoms with Gasteiger partial charge in [-0.2, -0.15) is 4.98 Å². The minimum atomic E-state index is -0.119. The Bertz CT molecular complexity index is 752. The number of carbonyl (C=O) groups is 1. The first-order valence-corrected chi connectivity index (χ1v) is 7.79. The molecule has 0 atom stereocenters. The van der Waals surface area contributed by atoms with Gasteiger partial charge in [-0.05, 0) is 24.6 Å². The van der Waals surface area contributed by atoms with Crippen LogP contribution in [0.4, 0.5) is 5.69 Å². The number of hydrogen-bond donors (Lipinski definition) is 1. The Morgan fingerprint density at radius 2 is 2.00 bits per heavy atom. The van der Waals surface area contributed by atoms with Crippen molar-refractivity contribution in [1.82, 2.24) is 15.3 Å². The van der Waals surface area contributed by atoms with E-state index in [-0.39, 0.29) is 12.0 Å². The molecule has 0 radical (unpaired) electrons. The first kappa shape index (κ1) is 16.0. The van der Waals surface area contributed by atoms with Crippen molar-refractivity contribution in [3.8, 4) is 5.88 Å². The molecule has 1 aromatic heterocycles. The molecule has 1 aliphatic rings. The van der Waals surface area contributed by atoms with Gasteiger partial charge in [0.1, 0.15) is 11.9 Å². The highest BCUT2D eigenvalue weighted by molar-refractivity contribution is 5.84. The molecule has 3 rings (SSSR count). The third-order valence-corrected chi connectivity index (χ3v) is 3.79. The molecule has 1 saturated heterocycles. The summed E-state index contributed by atoms with van der Waals surface area (Å²) in [6.07, 6.45) is 1.84. The Balaban J connectivity index is 1.54. The zero-order chi connectivity index (χ0) is 17.1. The van der Waals surface area contributed by atoms with Gasteiger partial charge >= 0.3 is 0 Å². The van der Waals surface area contributed by atoms with E-state index in [4.69, 9.17) is 4.74 Å². The molecule has 0 bridgehead atoms. The number of nitrogens with zero attached hydrogens (tertiary/aromatic N) is 3. The van der Waals surface area contributed by atoms with Crippen LogP contribution in [-0.2, 0) is 4.79 Å². The second kappa shape index (κ2) is 6.70. The zero-order valence-electron chi connectivity index (χ0n) is 13.8. The summed E-state index contributed by atoms with van der Waals surface area (Å²) in [5.41, 5.74) is 2.63. The van der Waals surface area contributed by atoms with Crippen LogP contribution in [0, 0.1) is 6.92 Å². The van der Waals surface area contributed by atoms with Crippen molar-refractivity contribution in [2.45, 2.75) is 20.0 Å². The maximum Gasteiger partial charge on any atom is 0.221 e.